The van der Waals surface area contributed by atoms with Gasteiger partial charge in [-0.15, -0.1) is 0 Å². The van der Waals surface area contributed by atoms with E-state index in [1.807, 2.05) is 19.1 Å². The van der Waals surface area contributed by atoms with Gasteiger partial charge in [-0.2, -0.15) is 0 Å². The van der Waals surface area contributed by atoms with Crippen molar-refractivity contribution in [2.45, 2.75) is 6.92 Å². The Morgan fingerprint density at radius 2 is 1.95 bits per heavy atom. The molecule has 2 rings (SSSR count). The molecule has 2 aromatic carbocycles. The Morgan fingerprint density at radius 1 is 1.18 bits per heavy atom. The first kappa shape index (κ1) is 16.5. The first-order valence-corrected chi connectivity index (χ1v) is 7.56. The molecule has 0 unspecified atom stereocenters. The van der Waals surface area contributed by atoms with Crippen molar-refractivity contribution in [3.63, 3.8) is 0 Å². The van der Waals surface area contributed by atoms with Crippen molar-refractivity contribution in [2.75, 3.05) is 23.8 Å². The Morgan fingerprint density at radius 3 is 2.73 bits per heavy atom. The number of amides is 1. The highest BCUT2D eigenvalue weighted by Gasteiger charge is 2.07. The molecule has 6 heteroatoms. The maximum absolute atomic E-state index is 12.0. The monoisotopic (exact) mass is 338 g/mol. The Hall–Kier alpha value is -1.91. The second kappa shape index (κ2) is 7.92. The lowest BCUT2D eigenvalue weighted by atomic mass is 10.3. The third-order valence-electron chi connectivity index (χ3n) is 2.82. The minimum atomic E-state index is -0.190. The molecule has 0 aliphatic rings. The average molecular weight is 339 g/mol. The number of benzene rings is 2. The number of anilines is 2. The number of rotatable bonds is 6. The van der Waals surface area contributed by atoms with E-state index in [1.54, 1.807) is 30.3 Å². The molecule has 2 aromatic rings. The molecule has 0 aromatic heterocycles. The van der Waals surface area contributed by atoms with E-state index in [0.29, 0.717) is 33.8 Å². The second-order valence-electron chi connectivity index (χ2n) is 4.46. The number of carbonyl (C=O) groups is 1. The van der Waals surface area contributed by atoms with Crippen molar-refractivity contribution in [1.29, 1.82) is 0 Å². The molecule has 0 aliphatic carbocycles. The molecule has 0 saturated carbocycles. The third kappa shape index (κ3) is 4.55. The van der Waals surface area contributed by atoms with E-state index in [0.717, 1.165) is 0 Å². The number of carbonyl (C=O) groups excluding carboxylic acids is 1. The smallest absolute Gasteiger partial charge is 0.243 e. The standard InChI is InChI=1S/C16H16Cl2N2O2/c1-2-22-12-6-3-5-11(9-12)20-15(21)10-19-14-8-4-7-13(17)16(14)18/h3-9,19H,2,10H2,1H3,(H,20,21). The topological polar surface area (TPSA) is 50.4 Å². The van der Waals surface area contributed by atoms with Crippen molar-refractivity contribution < 1.29 is 9.53 Å². The number of halogens is 2. The summed E-state index contributed by atoms with van der Waals surface area (Å²) in [5.41, 5.74) is 1.29. The molecule has 0 fully saturated rings. The van der Waals surface area contributed by atoms with Gasteiger partial charge in [0, 0.05) is 11.8 Å². The maximum Gasteiger partial charge on any atom is 0.243 e. The van der Waals surface area contributed by atoms with Gasteiger partial charge in [-0.25, -0.2) is 0 Å². The van der Waals surface area contributed by atoms with Gasteiger partial charge in [0.05, 0.1) is 28.9 Å². The van der Waals surface area contributed by atoms with E-state index in [4.69, 9.17) is 27.9 Å². The molecule has 0 spiro atoms. The minimum absolute atomic E-state index is 0.0823. The Balaban J connectivity index is 1.93. The van der Waals surface area contributed by atoms with E-state index in [9.17, 15) is 4.79 Å². The van der Waals surface area contributed by atoms with Gasteiger partial charge in [0.15, 0.2) is 0 Å². The SMILES string of the molecule is CCOc1cccc(NC(=O)CNc2cccc(Cl)c2Cl)c1. The summed E-state index contributed by atoms with van der Waals surface area (Å²) < 4.78 is 5.39. The molecular formula is C16H16Cl2N2O2. The first-order chi connectivity index (χ1) is 10.6. The van der Waals surface area contributed by atoms with Crippen LogP contribution in [0.15, 0.2) is 42.5 Å². The zero-order valence-corrected chi connectivity index (χ0v) is 13.5. The van der Waals surface area contributed by atoms with Gasteiger partial charge in [0.2, 0.25) is 5.91 Å². The van der Waals surface area contributed by atoms with Crippen LogP contribution in [0.4, 0.5) is 11.4 Å². The number of nitrogens with one attached hydrogen (secondary N) is 2. The third-order valence-corrected chi connectivity index (χ3v) is 3.64. The van der Waals surface area contributed by atoms with Crippen LogP contribution in [0.2, 0.25) is 10.0 Å². The molecular weight excluding hydrogens is 323 g/mol. The lowest BCUT2D eigenvalue weighted by Crippen LogP contribution is -2.21. The van der Waals surface area contributed by atoms with Gasteiger partial charge >= 0.3 is 0 Å². The Labute approximate surface area is 139 Å². The fraction of sp³-hybridized carbons (Fsp3) is 0.188. The van der Waals surface area contributed by atoms with E-state index in [2.05, 4.69) is 10.6 Å². The first-order valence-electron chi connectivity index (χ1n) is 6.80. The summed E-state index contributed by atoms with van der Waals surface area (Å²) in [5, 5.41) is 6.58. The quantitative estimate of drug-likeness (QED) is 0.818. The van der Waals surface area contributed by atoms with Gasteiger partial charge in [0.1, 0.15) is 5.75 Å². The lowest BCUT2D eigenvalue weighted by Gasteiger charge is -2.10. The van der Waals surface area contributed by atoms with Gasteiger partial charge in [-0.05, 0) is 31.2 Å². The van der Waals surface area contributed by atoms with Crippen LogP contribution in [0.1, 0.15) is 6.92 Å². The van der Waals surface area contributed by atoms with E-state index in [-0.39, 0.29) is 12.5 Å². The van der Waals surface area contributed by atoms with Crippen molar-refractivity contribution in [1.82, 2.24) is 0 Å². The predicted molar refractivity (Wildman–Crippen MR) is 91.2 cm³/mol. The number of hydrogen-bond acceptors (Lipinski definition) is 3. The van der Waals surface area contributed by atoms with Crippen molar-refractivity contribution in [3.8, 4) is 5.75 Å². The Bertz CT molecular complexity index is 662. The van der Waals surface area contributed by atoms with Crippen molar-refractivity contribution in [2.24, 2.45) is 0 Å². The zero-order valence-electron chi connectivity index (χ0n) is 12.0. The number of ether oxygens (including phenoxy) is 1. The highest BCUT2D eigenvalue weighted by atomic mass is 35.5. The molecule has 116 valence electrons. The highest BCUT2D eigenvalue weighted by Crippen LogP contribution is 2.29. The molecule has 0 bridgehead atoms. The van der Waals surface area contributed by atoms with Crippen molar-refractivity contribution >= 4 is 40.5 Å². The molecule has 0 radical (unpaired) electrons. The minimum Gasteiger partial charge on any atom is -0.494 e. The molecule has 2 N–H and O–H groups in total. The number of hydrogen-bond donors (Lipinski definition) is 2. The van der Waals surface area contributed by atoms with E-state index >= 15 is 0 Å². The maximum atomic E-state index is 12.0. The molecule has 0 aliphatic heterocycles. The van der Waals surface area contributed by atoms with E-state index < -0.39 is 0 Å². The summed E-state index contributed by atoms with van der Waals surface area (Å²) in [6, 6.07) is 12.4. The van der Waals surface area contributed by atoms with Crippen LogP contribution in [0, 0.1) is 0 Å². The highest BCUT2D eigenvalue weighted by molar-refractivity contribution is 6.43. The van der Waals surface area contributed by atoms with Crippen LogP contribution in [0.3, 0.4) is 0 Å². The van der Waals surface area contributed by atoms with E-state index in [1.165, 1.54) is 0 Å². The molecule has 0 saturated heterocycles. The molecule has 22 heavy (non-hydrogen) atoms. The van der Waals surface area contributed by atoms with Crippen LogP contribution in [0.5, 0.6) is 5.75 Å². The van der Waals surface area contributed by atoms with Gasteiger partial charge in [0.25, 0.3) is 0 Å². The summed E-state index contributed by atoms with van der Waals surface area (Å²) >= 11 is 12.0. The molecule has 4 nitrogen and oxygen atoms in total. The predicted octanol–water partition coefficient (Wildman–Crippen LogP) is 4.44. The second-order valence-corrected chi connectivity index (χ2v) is 5.25. The molecule has 0 atom stereocenters. The van der Waals surface area contributed by atoms with Gasteiger partial charge in [-0.3, -0.25) is 4.79 Å². The van der Waals surface area contributed by atoms with Crippen LogP contribution in [-0.4, -0.2) is 19.1 Å². The van der Waals surface area contributed by atoms with Gasteiger partial charge < -0.3 is 15.4 Å². The summed E-state index contributed by atoms with van der Waals surface area (Å²) in [5.74, 6) is 0.524. The van der Waals surface area contributed by atoms with Crippen LogP contribution in [0.25, 0.3) is 0 Å². The van der Waals surface area contributed by atoms with Crippen LogP contribution >= 0.6 is 23.2 Å². The summed E-state index contributed by atoms with van der Waals surface area (Å²) in [4.78, 5) is 12.0. The molecule has 0 heterocycles. The summed E-state index contributed by atoms with van der Waals surface area (Å²) in [6.07, 6.45) is 0. The summed E-state index contributed by atoms with van der Waals surface area (Å²) in [6.45, 7) is 2.56. The van der Waals surface area contributed by atoms with Crippen LogP contribution in [-0.2, 0) is 4.79 Å². The lowest BCUT2D eigenvalue weighted by molar-refractivity contribution is -0.114. The Kier molecular flexibility index (Phi) is 5.92. The summed E-state index contributed by atoms with van der Waals surface area (Å²) in [7, 11) is 0. The fourth-order valence-corrected chi connectivity index (χ4v) is 2.22. The largest absolute Gasteiger partial charge is 0.494 e. The van der Waals surface area contributed by atoms with Crippen LogP contribution < -0.4 is 15.4 Å². The normalized spacial score (nSPS) is 10.1. The van der Waals surface area contributed by atoms with Gasteiger partial charge in [-0.1, -0.05) is 35.3 Å². The van der Waals surface area contributed by atoms with Crippen molar-refractivity contribution in [3.05, 3.63) is 52.5 Å². The zero-order chi connectivity index (χ0) is 15.9. The fourth-order valence-electron chi connectivity index (χ4n) is 1.85. The molecule has 1 amide bonds. The average Bonchev–Trinajstić information content (AvgIpc) is 2.49.